The molecule has 0 saturated heterocycles. The molecule has 6 heteroatoms. The number of halogens is 1. The molecule has 0 saturated carbocycles. The van der Waals surface area contributed by atoms with Crippen LogP contribution in [0.1, 0.15) is 22.7 Å². The molecule has 2 heterocycles. The number of fused-ring (bicyclic) bond motifs is 3. The molecule has 0 spiro atoms. The number of nitrogens with zero attached hydrogens (tertiary/aromatic N) is 1. The van der Waals surface area contributed by atoms with Crippen LogP contribution in [0.25, 0.3) is 10.2 Å². The van der Waals surface area contributed by atoms with Gasteiger partial charge in [0.25, 0.3) is 5.56 Å². The lowest BCUT2D eigenvalue weighted by Gasteiger charge is -2.04. The van der Waals surface area contributed by atoms with Gasteiger partial charge in [-0.1, -0.05) is 23.7 Å². The lowest BCUT2D eigenvalue weighted by molar-refractivity contribution is 0.916. The second-order valence-electron chi connectivity index (χ2n) is 5.27. The SMILES string of the molecule is O=c1[nH]c(CSc2ccccc2Cl)nc2sc3c(c12)CCC3. The molecule has 0 aliphatic heterocycles. The quantitative estimate of drug-likeness (QED) is 0.713. The van der Waals surface area contributed by atoms with Crippen molar-refractivity contribution in [3.8, 4) is 0 Å². The van der Waals surface area contributed by atoms with Crippen LogP contribution in [-0.2, 0) is 18.6 Å². The average molecular weight is 349 g/mol. The monoisotopic (exact) mass is 348 g/mol. The normalized spacial score (nSPS) is 13.7. The Kier molecular flexibility index (Phi) is 3.72. The maximum atomic E-state index is 12.4. The van der Waals surface area contributed by atoms with E-state index < -0.39 is 0 Å². The van der Waals surface area contributed by atoms with Crippen molar-refractivity contribution in [3.05, 3.63) is 55.9 Å². The molecule has 0 unspecified atom stereocenters. The first-order chi connectivity index (χ1) is 10.7. The molecule has 1 aliphatic rings. The van der Waals surface area contributed by atoms with Gasteiger partial charge in [-0.2, -0.15) is 0 Å². The van der Waals surface area contributed by atoms with E-state index in [0.717, 1.165) is 39.4 Å². The lowest BCUT2D eigenvalue weighted by Crippen LogP contribution is -2.11. The van der Waals surface area contributed by atoms with E-state index in [1.54, 1.807) is 23.1 Å². The molecule has 0 bridgehead atoms. The Labute approximate surface area is 140 Å². The number of aromatic amines is 1. The number of hydrogen-bond acceptors (Lipinski definition) is 4. The summed E-state index contributed by atoms with van der Waals surface area (Å²) in [6.45, 7) is 0. The minimum atomic E-state index is -0.000779. The van der Waals surface area contributed by atoms with Crippen molar-refractivity contribution in [1.29, 1.82) is 0 Å². The molecule has 1 N–H and O–H groups in total. The summed E-state index contributed by atoms with van der Waals surface area (Å²) in [6.07, 6.45) is 3.24. The van der Waals surface area contributed by atoms with Crippen LogP contribution in [0, 0.1) is 0 Å². The second kappa shape index (κ2) is 5.72. The van der Waals surface area contributed by atoms with Gasteiger partial charge in [-0.25, -0.2) is 4.98 Å². The van der Waals surface area contributed by atoms with Gasteiger partial charge in [0, 0.05) is 9.77 Å². The third-order valence-electron chi connectivity index (χ3n) is 3.83. The number of aromatic nitrogens is 2. The standard InChI is InChI=1S/C16H13ClN2OS2/c17-10-5-1-2-6-12(10)21-8-13-18-15(20)14-9-4-3-7-11(9)22-16(14)19-13/h1-2,5-6H,3-4,7-8H2,(H,18,19,20). The summed E-state index contributed by atoms with van der Waals surface area (Å²) in [7, 11) is 0. The summed E-state index contributed by atoms with van der Waals surface area (Å²) in [5.41, 5.74) is 1.22. The molecule has 0 atom stereocenters. The zero-order chi connectivity index (χ0) is 15.1. The average Bonchev–Trinajstić information content (AvgIpc) is 3.06. The molecule has 3 aromatic rings. The van der Waals surface area contributed by atoms with Crippen LogP contribution >= 0.6 is 34.7 Å². The van der Waals surface area contributed by atoms with Crippen LogP contribution in [0.15, 0.2) is 34.0 Å². The van der Waals surface area contributed by atoms with E-state index in [1.165, 1.54) is 10.4 Å². The third-order valence-corrected chi connectivity index (χ3v) is 6.54. The Hall–Kier alpha value is -1.30. The van der Waals surface area contributed by atoms with Crippen molar-refractivity contribution in [1.82, 2.24) is 9.97 Å². The summed E-state index contributed by atoms with van der Waals surface area (Å²) in [5, 5.41) is 1.54. The molecule has 112 valence electrons. The molecule has 0 fully saturated rings. The number of hydrogen-bond donors (Lipinski definition) is 1. The molecule has 22 heavy (non-hydrogen) atoms. The smallest absolute Gasteiger partial charge is 0.259 e. The Morgan fingerprint density at radius 3 is 3.05 bits per heavy atom. The van der Waals surface area contributed by atoms with Gasteiger partial charge in [-0.3, -0.25) is 4.79 Å². The van der Waals surface area contributed by atoms with Crippen molar-refractivity contribution in [3.63, 3.8) is 0 Å². The molecule has 4 rings (SSSR count). The maximum absolute atomic E-state index is 12.4. The van der Waals surface area contributed by atoms with Gasteiger partial charge in [0.15, 0.2) is 0 Å². The Morgan fingerprint density at radius 2 is 2.18 bits per heavy atom. The summed E-state index contributed by atoms with van der Waals surface area (Å²) in [6, 6.07) is 7.71. The Morgan fingerprint density at radius 1 is 1.32 bits per heavy atom. The number of aryl methyl sites for hydroxylation is 2. The Balaban J connectivity index is 1.66. The molecule has 2 aromatic heterocycles. The van der Waals surface area contributed by atoms with Crippen LogP contribution < -0.4 is 5.56 Å². The largest absolute Gasteiger partial charge is 0.309 e. The van der Waals surface area contributed by atoms with E-state index in [2.05, 4.69) is 9.97 Å². The van der Waals surface area contributed by atoms with Gasteiger partial charge in [0.05, 0.1) is 16.2 Å². The number of thioether (sulfide) groups is 1. The third kappa shape index (κ3) is 2.47. The van der Waals surface area contributed by atoms with Gasteiger partial charge < -0.3 is 4.98 Å². The Bertz CT molecular complexity index is 916. The predicted molar refractivity (Wildman–Crippen MR) is 93.3 cm³/mol. The fourth-order valence-electron chi connectivity index (χ4n) is 2.82. The van der Waals surface area contributed by atoms with Crippen molar-refractivity contribution >= 4 is 44.9 Å². The minimum Gasteiger partial charge on any atom is -0.309 e. The van der Waals surface area contributed by atoms with Crippen molar-refractivity contribution < 1.29 is 0 Å². The lowest BCUT2D eigenvalue weighted by atomic mass is 10.2. The van der Waals surface area contributed by atoms with E-state index >= 15 is 0 Å². The molecular formula is C16H13ClN2OS2. The van der Waals surface area contributed by atoms with Crippen LogP contribution in [0.4, 0.5) is 0 Å². The predicted octanol–water partition coefficient (Wildman–Crippen LogP) is 4.42. The summed E-state index contributed by atoms with van der Waals surface area (Å²) in [4.78, 5) is 23.2. The van der Waals surface area contributed by atoms with Crippen LogP contribution in [0.2, 0.25) is 5.02 Å². The van der Waals surface area contributed by atoms with Gasteiger partial charge in [-0.05, 0) is 37.0 Å². The van der Waals surface area contributed by atoms with Gasteiger partial charge in [0.2, 0.25) is 0 Å². The molecule has 0 radical (unpaired) electrons. The second-order valence-corrected chi connectivity index (χ2v) is 7.78. The molecule has 3 nitrogen and oxygen atoms in total. The first-order valence-electron chi connectivity index (χ1n) is 7.13. The zero-order valence-corrected chi connectivity index (χ0v) is 14.1. The van der Waals surface area contributed by atoms with Gasteiger partial charge in [0.1, 0.15) is 10.7 Å². The van der Waals surface area contributed by atoms with Crippen LogP contribution in [-0.4, -0.2) is 9.97 Å². The minimum absolute atomic E-state index is 0.000779. The van der Waals surface area contributed by atoms with E-state index in [1.807, 2.05) is 24.3 Å². The summed E-state index contributed by atoms with van der Waals surface area (Å²) < 4.78 is 0. The van der Waals surface area contributed by atoms with Crippen molar-refractivity contribution in [2.75, 3.05) is 0 Å². The number of nitrogens with one attached hydrogen (secondary N) is 1. The highest BCUT2D eigenvalue weighted by molar-refractivity contribution is 7.98. The fraction of sp³-hybridized carbons (Fsp3) is 0.250. The summed E-state index contributed by atoms with van der Waals surface area (Å²) >= 11 is 9.42. The number of H-pyrrole nitrogens is 1. The highest BCUT2D eigenvalue weighted by Crippen LogP contribution is 2.35. The highest BCUT2D eigenvalue weighted by atomic mass is 35.5. The van der Waals surface area contributed by atoms with E-state index in [9.17, 15) is 4.79 Å². The molecular weight excluding hydrogens is 336 g/mol. The number of thiophene rings is 1. The number of rotatable bonds is 3. The maximum Gasteiger partial charge on any atom is 0.259 e. The number of benzene rings is 1. The van der Waals surface area contributed by atoms with E-state index in [-0.39, 0.29) is 5.56 Å². The van der Waals surface area contributed by atoms with E-state index in [4.69, 9.17) is 11.6 Å². The zero-order valence-electron chi connectivity index (χ0n) is 11.7. The summed E-state index contributed by atoms with van der Waals surface area (Å²) in [5.74, 6) is 1.32. The first-order valence-corrected chi connectivity index (χ1v) is 9.31. The van der Waals surface area contributed by atoms with Crippen molar-refractivity contribution in [2.24, 2.45) is 0 Å². The van der Waals surface area contributed by atoms with Crippen molar-refractivity contribution in [2.45, 2.75) is 29.9 Å². The first kappa shape index (κ1) is 14.3. The molecule has 1 aliphatic carbocycles. The fourth-order valence-corrected chi connectivity index (χ4v) is 5.21. The van der Waals surface area contributed by atoms with Crippen LogP contribution in [0.3, 0.4) is 0 Å². The molecule has 0 amide bonds. The molecule has 1 aromatic carbocycles. The topological polar surface area (TPSA) is 45.8 Å². The van der Waals surface area contributed by atoms with Gasteiger partial charge in [-0.15, -0.1) is 23.1 Å². The highest BCUT2D eigenvalue weighted by Gasteiger charge is 2.21. The van der Waals surface area contributed by atoms with Gasteiger partial charge >= 0.3 is 0 Å². The van der Waals surface area contributed by atoms with Crippen LogP contribution in [0.5, 0.6) is 0 Å². The van der Waals surface area contributed by atoms with E-state index in [0.29, 0.717) is 11.6 Å².